The number of nitrogens with zero attached hydrogens (tertiary/aromatic N) is 3. The average Bonchev–Trinajstić information content (AvgIpc) is 3.16. The van der Waals surface area contributed by atoms with Crippen LogP contribution in [-0.4, -0.2) is 40.1 Å². The Labute approximate surface area is 136 Å². The molecular weight excluding hydrogens is 320 g/mol. The molecule has 0 fully saturated rings. The van der Waals surface area contributed by atoms with Gasteiger partial charge in [-0.3, -0.25) is 14.6 Å². The molecule has 0 saturated carbocycles. The molecule has 0 atom stereocenters. The second-order valence-corrected chi connectivity index (χ2v) is 6.90. The number of rotatable bonds is 3. The van der Waals surface area contributed by atoms with Gasteiger partial charge in [0.1, 0.15) is 10.2 Å². The topological polar surface area (TPSA) is 74.1 Å². The van der Waals surface area contributed by atoms with Crippen LogP contribution in [0.5, 0.6) is 0 Å². The molecule has 0 radical (unpaired) electrons. The molecule has 3 rings (SSSR count). The molecule has 0 aromatic heterocycles. The van der Waals surface area contributed by atoms with Crippen molar-refractivity contribution in [2.75, 3.05) is 23.1 Å². The molecule has 0 saturated heterocycles. The van der Waals surface area contributed by atoms with Gasteiger partial charge >= 0.3 is 0 Å². The maximum Gasteiger partial charge on any atom is 0.255 e. The highest BCUT2D eigenvalue weighted by molar-refractivity contribution is 8.39. The number of amidine groups is 1. The molecule has 114 valence electrons. The van der Waals surface area contributed by atoms with Crippen LogP contribution >= 0.6 is 23.5 Å². The van der Waals surface area contributed by atoms with Gasteiger partial charge in [-0.25, -0.2) is 0 Å². The van der Waals surface area contributed by atoms with Gasteiger partial charge in [0.15, 0.2) is 0 Å². The van der Waals surface area contributed by atoms with Crippen LogP contribution in [0.25, 0.3) is 0 Å². The van der Waals surface area contributed by atoms with Crippen LogP contribution in [0.1, 0.15) is 6.42 Å². The predicted molar refractivity (Wildman–Crippen MR) is 91.3 cm³/mol. The van der Waals surface area contributed by atoms with Gasteiger partial charge in [0, 0.05) is 5.75 Å². The number of carbonyl (C=O) groups is 2. The third kappa shape index (κ3) is 3.69. The molecule has 8 heteroatoms. The number of aliphatic imine (C=N–C) groups is 1. The molecule has 2 aliphatic heterocycles. The van der Waals surface area contributed by atoms with Gasteiger partial charge in [0.25, 0.3) is 5.91 Å². The van der Waals surface area contributed by atoms with Gasteiger partial charge in [-0.2, -0.15) is 10.1 Å². The zero-order valence-electron chi connectivity index (χ0n) is 11.7. The highest BCUT2D eigenvalue weighted by Crippen LogP contribution is 2.22. The van der Waals surface area contributed by atoms with E-state index in [4.69, 9.17) is 0 Å². The summed E-state index contributed by atoms with van der Waals surface area (Å²) in [6, 6.07) is 9.16. The van der Waals surface area contributed by atoms with Crippen LogP contribution in [-0.2, 0) is 9.59 Å². The molecule has 6 nitrogen and oxygen atoms in total. The summed E-state index contributed by atoms with van der Waals surface area (Å²) in [5.74, 6) is 1.34. The SMILES string of the molecule is O=C(CSC1=NCCS1)NC1=NN(c2ccccc2)C(=O)C1. The first kappa shape index (κ1) is 15.1. The highest BCUT2D eigenvalue weighted by Gasteiger charge is 2.26. The lowest BCUT2D eigenvalue weighted by molar-refractivity contribution is -0.117. The first-order valence-corrected chi connectivity index (χ1v) is 8.75. The first-order valence-electron chi connectivity index (χ1n) is 6.78. The molecule has 2 amide bonds. The Morgan fingerprint density at radius 1 is 1.36 bits per heavy atom. The lowest BCUT2D eigenvalue weighted by atomic mass is 10.3. The number of benzene rings is 1. The minimum Gasteiger partial charge on any atom is -0.312 e. The lowest BCUT2D eigenvalue weighted by Crippen LogP contribution is -2.31. The first-order chi connectivity index (χ1) is 10.7. The lowest BCUT2D eigenvalue weighted by Gasteiger charge is -2.10. The summed E-state index contributed by atoms with van der Waals surface area (Å²) in [5, 5.41) is 8.20. The van der Waals surface area contributed by atoms with Crippen molar-refractivity contribution in [2.45, 2.75) is 6.42 Å². The summed E-state index contributed by atoms with van der Waals surface area (Å²) in [7, 11) is 0. The molecule has 0 unspecified atom stereocenters. The van der Waals surface area contributed by atoms with E-state index in [1.165, 1.54) is 16.8 Å². The van der Waals surface area contributed by atoms with E-state index >= 15 is 0 Å². The minimum absolute atomic E-state index is 0.112. The number of carbonyl (C=O) groups excluding carboxylic acids is 2. The zero-order chi connectivity index (χ0) is 15.4. The van der Waals surface area contributed by atoms with Crippen molar-refractivity contribution in [2.24, 2.45) is 10.1 Å². The van der Waals surface area contributed by atoms with E-state index < -0.39 is 0 Å². The summed E-state index contributed by atoms with van der Waals surface area (Å²) in [5.41, 5.74) is 0.697. The fourth-order valence-electron chi connectivity index (χ4n) is 2.00. The molecular formula is C14H14N4O2S2. The summed E-state index contributed by atoms with van der Waals surface area (Å²) < 4.78 is 0.950. The van der Waals surface area contributed by atoms with Crippen LogP contribution in [0.4, 0.5) is 5.69 Å². The van der Waals surface area contributed by atoms with Crippen LogP contribution in [0.3, 0.4) is 0 Å². The Balaban J connectivity index is 1.56. The molecule has 1 N–H and O–H groups in total. The number of thioether (sulfide) groups is 2. The third-order valence-corrected chi connectivity index (χ3v) is 5.20. The van der Waals surface area contributed by atoms with E-state index in [0.29, 0.717) is 11.5 Å². The van der Waals surface area contributed by atoms with Gasteiger partial charge in [0.2, 0.25) is 5.91 Å². The van der Waals surface area contributed by atoms with Crippen molar-refractivity contribution in [3.8, 4) is 0 Å². The van der Waals surface area contributed by atoms with Crippen molar-refractivity contribution in [3.63, 3.8) is 0 Å². The monoisotopic (exact) mass is 334 g/mol. The molecule has 1 aromatic rings. The predicted octanol–water partition coefficient (Wildman–Crippen LogP) is 1.69. The molecule has 0 bridgehead atoms. The average molecular weight is 334 g/mol. The van der Waals surface area contributed by atoms with Crippen molar-refractivity contribution in [1.82, 2.24) is 5.32 Å². The summed E-state index contributed by atoms with van der Waals surface area (Å²) in [4.78, 5) is 28.1. The van der Waals surface area contributed by atoms with Crippen molar-refractivity contribution >= 4 is 51.2 Å². The smallest absolute Gasteiger partial charge is 0.255 e. The fraction of sp³-hybridized carbons (Fsp3) is 0.286. The van der Waals surface area contributed by atoms with E-state index in [-0.39, 0.29) is 24.0 Å². The zero-order valence-corrected chi connectivity index (χ0v) is 13.3. The summed E-state index contributed by atoms with van der Waals surface area (Å²) in [6.07, 6.45) is 0.112. The standard InChI is InChI=1S/C14H14N4O2S2/c19-12(9-22-14-15-6-7-21-14)16-11-8-13(20)18(17-11)10-4-2-1-3-5-10/h1-5H,6-9H2,(H,16,17,19). The van der Waals surface area contributed by atoms with Crippen LogP contribution in [0.2, 0.25) is 0 Å². The van der Waals surface area contributed by atoms with E-state index in [1.54, 1.807) is 23.9 Å². The summed E-state index contributed by atoms with van der Waals surface area (Å²) in [6.45, 7) is 0.821. The molecule has 0 aliphatic carbocycles. The number of nitrogens with one attached hydrogen (secondary N) is 1. The molecule has 22 heavy (non-hydrogen) atoms. The van der Waals surface area contributed by atoms with E-state index in [9.17, 15) is 9.59 Å². The Morgan fingerprint density at radius 3 is 2.91 bits per heavy atom. The van der Waals surface area contributed by atoms with Crippen molar-refractivity contribution < 1.29 is 9.59 Å². The van der Waals surface area contributed by atoms with Crippen LogP contribution in [0, 0.1) is 0 Å². The van der Waals surface area contributed by atoms with Crippen molar-refractivity contribution in [1.29, 1.82) is 0 Å². The number of hydrogen-bond acceptors (Lipinski definition) is 6. The summed E-state index contributed by atoms with van der Waals surface area (Å²) >= 11 is 3.09. The number of hydrazone groups is 1. The number of amides is 2. The maximum absolute atomic E-state index is 12.0. The molecule has 2 aliphatic rings. The van der Waals surface area contributed by atoms with Gasteiger partial charge in [-0.05, 0) is 12.1 Å². The van der Waals surface area contributed by atoms with Gasteiger partial charge in [0.05, 0.1) is 24.4 Å². The van der Waals surface area contributed by atoms with Gasteiger partial charge in [-0.1, -0.05) is 41.7 Å². The molecule has 0 spiro atoms. The minimum atomic E-state index is -0.165. The second kappa shape index (κ2) is 6.97. The van der Waals surface area contributed by atoms with E-state index in [0.717, 1.165) is 16.7 Å². The Bertz CT molecular complexity index is 646. The Morgan fingerprint density at radius 2 is 2.18 bits per heavy atom. The van der Waals surface area contributed by atoms with Crippen molar-refractivity contribution in [3.05, 3.63) is 30.3 Å². The number of para-hydroxylation sites is 1. The molecule has 2 heterocycles. The van der Waals surface area contributed by atoms with Crippen LogP contribution < -0.4 is 10.3 Å². The van der Waals surface area contributed by atoms with Gasteiger partial charge < -0.3 is 5.32 Å². The Kier molecular flexibility index (Phi) is 4.79. The quantitative estimate of drug-likeness (QED) is 0.913. The van der Waals surface area contributed by atoms with Gasteiger partial charge in [-0.15, -0.1) is 0 Å². The van der Waals surface area contributed by atoms with E-state index in [2.05, 4.69) is 15.4 Å². The fourth-order valence-corrected chi connectivity index (χ4v) is 3.81. The van der Waals surface area contributed by atoms with Crippen LogP contribution in [0.15, 0.2) is 40.4 Å². The number of anilines is 1. The number of hydrogen-bond donors (Lipinski definition) is 1. The molecule has 1 aromatic carbocycles. The maximum atomic E-state index is 12.0. The second-order valence-electron chi connectivity index (χ2n) is 4.60. The normalized spacial score (nSPS) is 17.5. The largest absolute Gasteiger partial charge is 0.312 e. The highest BCUT2D eigenvalue weighted by atomic mass is 32.2. The Hall–Kier alpha value is -1.80. The van der Waals surface area contributed by atoms with E-state index in [1.807, 2.05) is 18.2 Å². The third-order valence-electron chi connectivity index (χ3n) is 2.94.